The lowest BCUT2D eigenvalue weighted by atomic mass is 10.0. The van der Waals surface area contributed by atoms with Gasteiger partial charge in [0.1, 0.15) is 11.2 Å². The number of hydrogen-bond donors (Lipinski definition) is 0. The van der Waals surface area contributed by atoms with Crippen LogP contribution in [-0.2, 0) is 0 Å². The Balaban J connectivity index is 1.95. The van der Waals surface area contributed by atoms with E-state index in [4.69, 9.17) is 0 Å². The Morgan fingerprint density at radius 2 is 2.00 bits per heavy atom. The minimum atomic E-state index is -2.54. The zero-order valence-corrected chi connectivity index (χ0v) is 10.7. The fraction of sp³-hybridized carbons (Fsp3) is 0.308. The Kier molecular flexibility index (Phi) is 3.26. The van der Waals surface area contributed by atoms with E-state index in [9.17, 15) is 13.2 Å². The van der Waals surface area contributed by atoms with Gasteiger partial charge in [0.25, 0.3) is 5.76 Å². The van der Waals surface area contributed by atoms with Crippen molar-refractivity contribution in [2.24, 2.45) is 0 Å². The van der Waals surface area contributed by atoms with Crippen molar-refractivity contribution >= 4 is 11.8 Å². The molecule has 1 aromatic heterocycles. The average molecular weight is 284 g/mol. The van der Waals surface area contributed by atoms with Crippen LogP contribution in [0, 0.1) is 0 Å². The van der Waals surface area contributed by atoms with E-state index in [2.05, 4.69) is 5.10 Å². The van der Waals surface area contributed by atoms with Gasteiger partial charge in [-0.25, -0.2) is 4.39 Å². The number of rotatable bonds is 3. The van der Waals surface area contributed by atoms with Gasteiger partial charge in [-0.05, 0) is 23.4 Å². The van der Waals surface area contributed by atoms with E-state index >= 15 is 0 Å². The van der Waals surface area contributed by atoms with Gasteiger partial charge in [0, 0.05) is 6.42 Å². The van der Waals surface area contributed by atoms with Gasteiger partial charge in [-0.3, -0.25) is 4.68 Å². The minimum absolute atomic E-state index is 0.174. The van der Waals surface area contributed by atoms with Crippen molar-refractivity contribution in [1.29, 1.82) is 0 Å². The lowest BCUT2D eigenvalue weighted by molar-refractivity contribution is 0.251. The number of halogens is 3. The number of nitrogens with zero attached hydrogens (tertiary/aromatic N) is 2. The molecule has 0 saturated carbocycles. The van der Waals surface area contributed by atoms with Crippen LogP contribution in [0.15, 0.2) is 41.4 Å². The van der Waals surface area contributed by atoms with E-state index in [0.717, 1.165) is 5.56 Å². The van der Waals surface area contributed by atoms with Crippen LogP contribution in [0.2, 0.25) is 0 Å². The number of benzene rings is 1. The smallest absolute Gasteiger partial charge is 0.258 e. The molecule has 0 aliphatic carbocycles. The van der Waals surface area contributed by atoms with Gasteiger partial charge in [-0.2, -0.15) is 13.9 Å². The first-order valence-electron chi connectivity index (χ1n) is 5.88. The van der Waals surface area contributed by atoms with Crippen molar-refractivity contribution in [1.82, 2.24) is 9.78 Å². The van der Waals surface area contributed by atoms with Gasteiger partial charge >= 0.3 is 0 Å². The maximum atomic E-state index is 13.9. The topological polar surface area (TPSA) is 17.8 Å². The standard InChI is InChI=1S/C13H11F3N2S/c14-9-6-10(8-4-2-1-3-5-8)18-11(9)7-12(17-18)19-13(15)16/h1-5,7,9-10,13H,6H2/t9-,10-/m1/s1. The summed E-state index contributed by atoms with van der Waals surface area (Å²) in [5.74, 6) is -2.54. The molecule has 0 unspecified atom stereocenters. The Labute approximate surface area is 112 Å². The summed E-state index contributed by atoms with van der Waals surface area (Å²) in [6.07, 6.45) is -0.837. The molecule has 2 heterocycles. The van der Waals surface area contributed by atoms with Crippen molar-refractivity contribution in [2.75, 3.05) is 0 Å². The van der Waals surface area contributed by atoms with Gasteiger partial charge in [-0.1, -0.05) is 30.3 Å². The summed E-state index contributed by atoms with van der Waals surface area (Å²) in [7, 11) is 0. The maximum absolute atomic E-state index is 13.9. The van der Waals surface area contributed by atoms with Crippen LogP contribution in [0.3, 0.4) is 0 Å². The molecule has 0 spiro atoms. The molecule has 1 aliphatic heterocycles. The molecule has 0 fully saturated rings. The summed E-state index contributed by atoms with van der Waals surface area (Å²) in [4.78, 5) is 0. The highest BCUT2D eigenvalue weighted by molar-refractivity contribution is 7.99. The fourth-order valence-corrected chi connectivity index (χ4v) is 2.89. The second kappa shape index (κ2) is 4.92. The second-order valence-electron chi connectivity index (χ2n) is 4.36. The third-order valence-corrected chi connectivity index (χ3v) is 3.80. The monoisotopic (exact) mass is 284 g/mol. The van der Waals surface area contributed by atoms with Crippen molar-refractivity contribution in [3.8, 4) is 0 Å². The van der Waals surface area contributed by atoms with Crippen LogP contribution < -0.4 is 0 Å². The summed E-state index contributed by atoms with van der Waals surface area (Å²) >= 11 is 0.350. The number of fused-ring (bicyclic) bond motifs is 1. The van der Waals surface area contributed by atoms with E-state index in [1.807, 2.05) is 30.3 Å². The van der Waals surface area contributed by atoms with Crippen LogP contribution in [0.25, 0.3) is 0 Å². The molecular weight excluding hydrogens is 273 g/mol. The Hall–Kier alpha value is -1.43. The molecule has 0 bridgehead atoms. The van der Waals surface area contributed by atoms with Crippen LogP contribution in [0.1, 0.15) is 29.9 Å². The normalized spacial score (nSPS) is 21.9. The molecule has 2 nitrogen and oxygen atoms in total. The maximum Gasteiger partial charge on any atom is 0.290 e. The fourth-order valence-electron chi connectivity index (χ4n) is 2.39. The molecule has 19 heavy (non-hydrogen) atoms. The van der Waals surface area contributed by atoms with E-state index in [1.54, 1.807) is 0 Å². The van der Waals surface area contributed by atoms with E-state index < -0.39 is 11.9 Å². The average Bonchev–Trinajstić information content (AvgIpc) is 2.90. The summed E-state index contributed by atoms with van der Waals surface area (Å²) in [6, 6.07) is 10.6. The second-order valence-corrected chi connectivity index (χ2v) is 5.37. The first-order valence-corrected chi connectivity index (χ1v) is 6.76. The third-order valence-electron chi connectivity index (χ3n) is 3.18. The molecule has 0 saturated heterocycles. The molecular formula is C13H11F3N2S. The molecule has 0 amide bonds. The van der Waals surface area contributed by atoms with E-state index in [-0.39, 0.29) is 11.1 Å². The summed E-state index contributed by atoms with van der Waals surface area (Å²) in [6.45, 7) is 0. The molecule has 100 valence electrons. The predicted molar refractivity (Wildman–Crippen MR) is 67.1 cm³/mol. The molecule has 0 N–H and O–H groups in total. The number of alkyl halides is 3. The molecule has 2 atom stereocenters. The van der Waals surface area contributed by atoms with Crippen LogP contribution in [0.4, 0.5) is 13.2 Å². The summed E-state index contributed by atoms with van der Waals surface area (Å²) in [5.41, 5.74) is 1.33. The van der Waals surface area contributed by atoms with Gasteiger partial charge < -0.3 is 0 Å². The van der Waals surface area contributed by atoms with Crippen LogP contribution >= 0.6 is 11.8 Å². The van der Waals surface area contributed by atoms with Gasteiger partial charge in [0.05, 0.1) is 11.7 Å². The van der Waals surface area contributed by atoms with Gasteiger partial charge in [-0.15, -0.1) is 0 Å². The first-order chi connectivity index (χ1) is 9.15. The minimum Gasteiger partial charge on any atom is -0.258 e. The Morgan fingerprint density at radius 3 is 2.68 bits per heavy atom. The molecule has 6 heteroatoms. The molecule has 0 radical (unpaired) electrons. The third kappa shape index (κ3) is 2.36. The van der Waals surface area contributed by atoms with Crippen LogP contribution in [0.5, 0.6) is 0 Å². The highest BCUT2D eigenvalue weighted by Gasteiger charge is 2.34. The quantitative estimate of drug-likeness (QED) is 0.786. The number of thioether (sulfide) groups is 1. The Morgan fingerprint density at radius 1 is 1.26 bits per heavy atom. The predicted octanol–water partition coefficient (Wildman–Crippen LogP) is 4.20. The van der Waals surface area contributed by atoms with Crippen molar-refractivity contribution in [3.05, 3.63) is 47.7 Å². The number of aromatic nitrogens is 2. The lowest BCUT2D eigenvalue weighted by Crippen LogP contribution is -2.07. The Bertz CT molecular complexity index is 571. The van der Waals surface area contributed by atoms with Crippen molar-refractivity contribution < 1.29 is 13.2 Å². The zero-order chi connectivity index (χ0) is 13.4. The van der Waals surface area contributed by atoms with Gasteiger partial charge in [0.2, 0.25) is 0 Å². The largest absolute Gasteiger partial charge is 0.290 e. The highest BCUT2D eigenvalue weighted by Crippen LogP contribution is 2.42. The molecule has 2 aromatic rings. The van der Waals surface area contributed by atoms with Crippen molar-refractivity contribution in [3.63, 3.8) is 0 Å². The summed E-state index contributed by atoms with van der Waals surface area (Å²) in [5, 5.41) is 4.27. The first kappa shape index (κ1) is 12.6. The molecule has 1 aliphatic rings. The molecule has 1 aromatic carbocycles. The summed E-state index contributed by atoms with van der Waals surface area (Å²) < 4.78 is 40.1. The van der Waals surface area contributed by atoms with E-state index in [1.165, 1.54) is 10.7 Å². The highest BCUT2D eigenvalue weighted by atomic mass is 32.2. The number of hydrogen-bond acceptors (Lipinski definition) is 2. The van der Waals surface area contributed by atoms with E-state index in [0.29, 0.717) is 23.9 Å². The lowest BCUT2D eigenvalue weighted by Gasteiger charge is -2.11. The zero-order valence-electron chi connectivity index (χ0n) is 9.84. The SMILES string of the molecule is FC(F)Sc1cc2n(n1)[C@@H](c1ccccc1)C[C@H]2F. The molecule has 3 rings (SSSR count). The van der Waals surface area contributed by atoms with Crippen LogP contribution in [-0.4, -0.2) is 15.5 Å². The van der Waals surface area contributed by atoms with Gasteiger partial charge in [0.15, 0.2) is 0 Å². The van der Waals surface area contributed by atoms with Crippen molar-refractivity contribution in [2.45, 2.75) is 29.4 Å².